The Labute approximate surface area is 145 Å². The highest BCUT2D eigenvalue weighted by atomic mass is 35.5. The molecular formula is C18H20ClNO2S. The molecule has 0 radical (unpaired) electrons. The first kappa shape index (κ1) is 16.3. The number of hydrogen-bond acceptors (Lipinski definition) is 3. The maximum Gasteiger partial charge on any atom is 0.256 e. The van der Waals surface area contributed by atoms with Crippen molar-refractivity contribution in [2.45, 2.75) is 32.6 Å². The van der Waals surface area contributed by atoms with Crippen molar-refractivity contribution < 1.29 is 9.53 Å². The zero-order valence-electron chi connectivity index (χ0n) is 13.1. The number of ether oxygens (including phenoxy) is 1. The summed E-state index contributed by atoms with van der Waals surface area (Å²) >= 11 is 7.77. The van der Waals surface area contributed by atoms with Crippen LogP contribution >= 0.6 is 22.9 Å². The lowest BCUT2D eigenvalue weighted by Gasteiger charge is -2.14. The van der Waals surface area contributed by atoms with E-state index in [2.05, 4.69) is 5.32 Å². The number of benzene rings is 1. The van der Waals surface area contributed by atoms with Crippen LogP contribution in [0.15, 0.2) is 29.6 Å². The van der Waals surface area contributed by atoms with Gasteiger partial charge in [0.05, 0.1) is 17.2 Å². The largest absolute Gasteiger partial charge is 0.492 e. The van der Waals surface area contributed by atoms with Gasteiger partial charge in [-0.05, 0) is 49.3 Å². The molecule has 1 fully saturated rings. The fourth-order valence-corrected chi connectivity index (χ4v) is 3.76. The summed E-state index contributed by atoms with van der Waals surface area (Å²) in [7, 11) is 0. The van der Waals surface area contributed by atoms with Crippen molar-refractivity contribution in [1.82, 2.24) is 0 Å². The van der Waals surface area contributed by atoms with Crippen molar-refractivity contribution in [3.8, 4) is 5.75 Å². The van der Waals surface area contributed by atoms with E-state index in [0.29, 0.717) is 34.5 Å². The second kappa shape index (κ2) is 7.37. The van der Waals surface area contributed by atoms with E-state index in [1.54, 1.807) is 29.5 Å². The van der Waals surface area contributed by atoms with Gasteiger partial charge >= 0.3 is 0 Å². The van der Waals surface area contributed by atoms with E-state index in [0.717, 1.165) is 4.88 Å². The van der Waals surface area contributed by atoms with Gasteiger partial charge in [-0.15, -0.1) is 11.3 Å². The summed E-state index contributed by atoms with van der Waals surface area (Å²) in [6, 6.07) is 7.20. The number of amides is 1. The molecule has 1 aromatic carbocycles. The van der Waals surface area contributed by atoms with Gasteiger partial charge in [0.2, 0.25) is 0 Å². The average Bonchev–Trinajstić information content (AvgIpc) is 3.19. The van der Waals surface area contributed by atoms with E-state index < -0.39 is 0 Å². The lowest BCUT2D eigenvalue weighted by atomic mass is 10.1. The van der Waals surface area contributed by atoms with Crippen LogP contribution in [-0.2, 0) is 0 Å². The fraction of sp³-hybridized carbons (Fsp3) is 0.389. The van der Waals surface area contributed by atoms with Crippen molar-refractivity contribution >= 4 is 34.5 Å². The molecule has 0 unspecified atom stereocenters. The molecule has 3 rings (SSSR count). The SMILES string of the molecule is Cc1sccc1C(=O)Nc1ccc(Cl)c(OCC2CCCC2)c1. The normalized spacial score (nSPS) is 14.9. The number of halogens is 1. The smallest absolute Gasteiger partial charge is 0.256 e. The maximum atomic E-state index is 12.3. The molecule has 0 bridgehead atoms. The van der Waals surface area contributed by atoms with E-state index in [1.165, 1.54) is 25.7 Å². The highest BCUT2D eigenvalue weighted by Crippen LogP contribution is 2.31. The molecular weight excluding hydrogens is 330 g/mol. The van der Waals surface area contributed by atoms with Crippen LogP contribution in [0.5, 0.6) is 5.75 Å². The van der Waals surface area contributed by atoms with Gasteiger partial charge in [0.15, 0.2) is 0 Å². The number of nitrogens with one attached hydrogen (secondary N) is 1. The molecule has 3 nitrogen and oxygen atoms in total. The molecule has 1 heterocycles. The molecule has 0 aliphatic heterocycles. The number of rotatable bonds is 5. The minimum Gasteiger partial charge on any atom is -0.492 e. The van der Waals surface area contributed by atoms with Gasteiger partial charge in [-0.3, -0.25) is 4.79 Å². The summed E-state index contributed by atoms with van der Waals surface area (Å²) < 4.78 is 5.88. The van der Waals surface area contributed by atoms with Crippen LogP contribution in [0.3, 0.4) is 0 Å². The third kappa shape index (κ3) is 4.06. The first-order valence-corrected chi connectivity index (χ1v) is 9.17. The molecule has 0 saturated heterocycles. The molecule has 1 amide bonds. The molecule has 1 aliphatic rings. The van der Waals surface area contributed by atoms with Gasteiger partial charge in [0, 0.05) is 16.6 Å². The maximum absolute atomic E-state index is 12.3. The molecule has 0 spiro atoms. The van der Waals surface area contributed by atoms with Gasteiger partial charge in [-0.2, -0.15) is 0 Å². The number of hydrogen-bond donors (Lipinski definition) is 1. The van der Waals surface area contributed by atoms with Crippen LogP contribution in [0.25, 0.3) is 0 Å². The number of aryl methyl sites for hydroxylation is 1. The zero-order chi connectivity index (χ0) is 16.2. The molecule has 1 saturated carbocycles. The molecule has 0 atom stereocenters. The Morgan fingerprint density at radius 2 is 2.13 bits per heavy atom. The number of thiophene rings is 1. The zero-order valence-corrected chi connectivity index (χ0v) is 14.7. The quantitative estimate of drug-likeness (QED) is 0.770. The second-order valence-electron chi connectivity index (χ2n) is 5.95. The lowest BCUT2D eigenvalue weighted by Crippen LogP contribution is -2.12. The first-order valence-electron chi connectivity index (χ1n) is 7.91. The van der Waals surface area contributed by atoms with Crippen LogP contribution in [0, 0.1) is 12.8 Å². The van der Waals surface area contributed by atoms with Crippen molar-refractivity contribution in [2.24, 2.45) is 5.92 Å². The molecule has 5 heteroatoms. The van der Waals surface area contributed by atoms with Gasteiger partial charge in [0.25, 0.3) is 5.91 Å². The topological polar surface area (TPSA) is 38.3 Å². The van der Waals surface area contributed by atoms with E-state index in [9.17, 15) is 4.79 Å². The number of anilines is 1. The Balaban J connectivity index is 1.67. The summed E-state index contributed by atoms with van der Waals surface area (Å²) in [6.45, 7) is 2.64. The monoisotopic (exact) mass is 349 g/mol. The van der Waals surface area contributed by atoms with Gasteiger partial charge in [0.1, 0.15) is 5.75 Å². The third-order valence-electron chi connectivity index (χ3n) is 4.24. The molecule has 1 N–H and O–H groups in total. The highest BCUT2D eigenvalue weighted by molar-refractivity contribution is 7.10. The third-order valence-corrected chi connectivity index (χ3v) is 5.40. The molecule has 1 aromatic heterocycles. The van der Waals surface area contributed by atoms with Gasteiger partial charge in [-0.1, -0.05) is 24.4 Å². The predicted octanol–water partition coefficient (Wildman–Crippen LogP) is 5.53. The number of carbonyl (C=O) groups excluding carboxylic acids is 1. The lowest BCUT2D eigenvalue weighted by molar-refractivity contribution is 0.102. The molecule has 1 aliphatic carbocycles. The molecule has 122 valence electrons. The van der Waals surface area contributed by atoms with Crippen molar-refractivity contribution in [3.05, 3.63) is 45.1 Å². The van der Waals surface area contributed by atoms with Crippen molar-refractivity contribution in [3.63, 3.8) is 0 Å². The van der Waals surface area contributed by atoms with Crippen LogP contribution < -0.4 is 10.1 Å². The van der Waals surface area contributed by atoms with Crippen molar-refractivity contribution in [2.75, 3.05) is 11.9 Å². The van der Waals surface area contributed by atoms with E-state index in [4.69, 9.17) is 16.3 Å². The minimum atomic E-state index is -0.104. The Hall–Kier alpha value is -1.52. The number of carbonyl (C=O) groups is 1. The summed E-state index contributed by atoms with van der Waals surface area (Å²) in [5.41, 5.74) is 1.41. The Kier molecular flexibility index (Phi) is 5.23. The van der Waals surface area contributed by atoms with Crippen molar-refractivity contribution in [1.29, 1.82) is 0 Å². The van der Waals surface area contributed by atoms with Crippen LogP contribution in [0.1, 0.15) is 40.9 Å². The second-order valence-corrected chi connectivity index (χ2v) is 7.48. The van der Waals surface area contributed by atoms with Crippen LogP contribution in [0.4, 0.5) is 5.69 Å². The fourth-order valence-electron chi connectivity index (χ4n) is 2.90. The first-order chi connectivity index (χ1) is 11.1. The predicted molar refractivity (Wildman–Crippen MR) is 95.9 cm³/mol. The van der Waals surface area contributed by atoms with Crippen LogP contribution in [0.2, 0.25) is 5.02 Å². The van der Waals surface area contributed by atoms with Gasteiger partial charge < -0.3 is 10.1 Å². The summed E-state index contributed by atoms with van der Waals surface area (Å²) in [6.07, 6.45) is 5.03. The Morgan fingerprint density at radius 1 is 1.35 bits per heavy atom. The molecule has 23 heavy (non-hydrogen) atoms. The minimum absolute atomic E-state index is 0.104. The van der Waals surface area contributed by atoms with Gasteiger partial charge in [-0.25, -0.2) is 0 Å². The summed E-state index contributed by atoms with van der Waals surface area (Å²) in [4.78, 5) is 13.3. The highest BCUT2D eigenvalue weighted by Gasteiger charge is 2.17. The summed E-state index contributed by atoms with van der Waals surface area (Å²) in [5.74, 6) is 1.16. The van der Waals surface area contributed by atoms with E-state index in [-0.39, 0.29) is 5.91 Å². The Bertz CT molecular complexity index is 692. The summed E-state index contributed by atoms with van der Waals surface area (Å²) in [5, 5.41) is 5.41. The average molecular weight is 350 g/mol. The molecule has 2 aromatic rings. The Morgan fingerprint density at radius 3 is 2.83 bits per heavy atom. The van der Waals surface area contributed by atoms with E-state index >= 15 is 0 Å². The standard InChI is InChI=1S/C18H20ClNO2S/c1-12-15(8-9-23-12)18(21)20-14-6-7-16(19)17(10-14)22-11-13-4-2-3-5-13/h6-10,13H,2-5,11H2,1H3,(H,20,21). The van der Waals surface area contributed by atoms with Crippen LogP contribution in [-0.4, -0.2) is 12.5 Å². The van der Waals surface area contributed by atoms with E-state index in [1.807, 2.05) is 18.4 Å².